The number of carboxylic acids is 2. The van der Waals surface area contributed by atoms with Crippen molar-refractivity contribution in [2.75, 3.05) is 7.05 Å². The summed E-state index contributed by atoms with van der Waals surface area (Å²) in [7, 11) is 1.12. The molecular weight excluding hydrogens is 248 g/mol. The van der Waals surface area contributed by atoms with E-state index in [4.69, 9.17) is 0 Å². The summed E-state index contributed by atoms with van der Waals surface area (Å²) in [6.45, 7) is 3.16. The number of carbonyl (C=O) groups is 3. The first kappa shape index (κ1) is 19.7. The number of likely N-dealkylation sites (tertiary alicyclic amines) is 1. The van der Waals surface area contributed by atoms with Gasteiger partial charge in [-0.2, -0.15) is 0 Å². The molecule has 1 aliphatic rings. The average Bonchev–Trinajstić information content (AvgIpc) is 2.09. The minimum atomic E-state index is -2.31. The van der Waals surface area contributed by atoms with Crippen LogP contribution in [0.3, 0.4) is 0 Å². The van der Waals surface area contributed by atoms with Crippen LogP contribution in [0.4, 0.5) is 0 Å². The second-order valence-corrected chi connectivity index (χ2v) is 3.96. The molecule has 17 heavy (non-hydrogen) atoms. The van der Waals surface area contributed by atoms with Gasteiger partial charge in [0.15, 0.2) is 0 Å². The summed E-state index contributed by atoms with van der Waals surface area (Å²) in [6.07, 6.45) is 0. The Morgan fingerprint density at radius 1 is 1.24 bits per heavy atom. The number of β-lactam (4-membered cyclic amide) rings is 1. The van der Waals surface area contributed by atoms with Crippen molar-refractivity contribution >= 4 is 17.8 Å². The fraction of sp³-hybridized carbons (Fsp3) is 0.667. The smallest absolute Gasteiger partial charge is 0.547 e. The number of rotatable bonds is 3. The molecule has 1 rings (SSSR count). The van der Waals surface area contributed by atoms with Gasteiger partial charge in [-0.05, 0) is 5.92 Å². The van der Waals surface area contributed by atoms with Crippen LogP contribution < -0.4 is 69.3 Å². The van der Waals surface area contributed by atoms with Gasteiger partial charge in [0.2, 0.25) is 5.91 Å². The summed E-state index contributed by atoms with van der Waals surface area (Å²) in [5, 5.41) is 21.8. The Kier molecular flexibility index (Phi) is 7.60. The van der Waals surface area contributed by atoms with Crippen molar-refractivity contribution in [3.8, 4) is 0 Å². The fourth-order valence-electron chi connectivity index (χ4n) is 2.08. The van der Waals surface area contributed by atoms with Crippen LogP contribution in [0.15, 0.2) is 0 Å². The van der Waals surface area contributed by atoms with Gasteiger partial charge in [-0.3, -0.25) is 4.79 Å². The predicted octanol–water partition coefficient (Wildman–Crippen LogP) is -9.02. The van der Waals surface area contributed by atoms with Crippen molar-refractivity contribution in [1.29, 1.82) is 0 Å². The summed E-state index contributed by atoms with van der Waals surface area (Å²) < 4.78 is 0. The van der Waals surface area contributed by atoms with Gasteiger partial charge >= 0.3 is 59.1 Å². The van der Waals surface area contributed by atoms with E-state index in [2.05, 4.69) is 0 Å². The molecule has 1 unspecified atom stereocenters. The quantitative estimate of drug-likeness (QED) is 0.284. The molecule has 1 heterocycles. The number of hydrogen-bond acceptors (Lipinski definition) is 5. The van der Waals surface area contributed by atoms with Crippen LogP contribution in [0.1, 0.15) is 13.8 Å². The van der Waals surface area contributed by atoms with E-state index in [1.807, 2.05) is 0 Å². The van der Waals surface area contributed by atoms with Crippen molar-refractivity contribution in [3.05, 3.63) is 0 Å². The SMILES string of the molecule is CC(C)C1C(=O)N(C)C1(C(=O)[O-])C(=O)[O-].[Na+].[Na+]. The standard InChI is InChI=1S/C9H13NO5.2Na/c1-4(2)5-6(11)10(3)9(5,7(12)13)8(14)15;;/h4-5H,1-3H3,(H,12,13)(H,14,15);;/q;2*+1/p-2. The van der Waals surface area contributed by atoms with E-state index >= 15 is 0 Å². The first-order valence-electron chi connectivity index (χ1n) is 4.48. The molecule has 0 saturated carbocycles. The van der Waals surface area contributed by atoms with Crippen LogP contribution in [-0.4, -0.2) is 35.3 Å². The number of likely N-dealkylation sites (N-methyl/N-ethyl adjacent to an activating group) is 1. The first-order chi connectivity index (χ1) is 6.77. The zero-order chi connectivity index (χ0) is 12.0. The molecule has 1 amide bonds. The first-order valence-corrected chi connectivity index (χ1v) is 4.48. The van der Waals surface area contributed by atoms with E-state index in [0.29, 0.717) is 4.90 Å². The second-order valence-electron chi connectivity index (χ2n) is 3.96. The van der Waals surface area contributed by atoms with E-state index < -0.39 is 35.2 Å². The molecule has 1 atom stereocenters. The van der Waals surface area contributed by atoms with Crippen LogP contribution in [0.2, 0.25) is 0 Å². The normalized spacial score (nSPS) is 21.1. The predicted molar refractivity (Wildman–Crippen MR) is 43.8 cm³/mol. The Hall–Kier alpha value is 0.410. The molecule has 0 aliphatic carbocycles. The molecular formula is C9H11NNa2O5. The topological polar surface area (TPSA) is 101 Å². The molecule has 6 nitrogen and oxygen atoms in total. The second kappa shape index (κ2) is 6.54. The molecule has 0 spiro atoms. The monoisotopic (exact) mass is 259 g/mol. The molecule has 1 fully saturated rings. The van der Waals surface area contributed by atoms with Gasteiger partial charge in [-0.1, -0.05) is 13.8 Å². The summed E-state index contributed by atoms with van der Waals surface area (Å²) in [6, 6.07) is 0. The van der Waals surface area contributed by atoms with Gasteiger partial charge in [-0.15, -0.1) is 0 Å². The minimum Gasteiger partial charge on any atom is -0.547 e. The van der Waals surface area contributed by atoms with Gasteiger partial charge in [0.05, 0.1) is 17.9 Å². The third-order valence-electron chi connectivity index (χ3n) is 2.86. The third kappa shape index (κ3) is 2.57. The summed E-state index contributed by atoms with van der Waals surface area (Å²) in [5.74, 6) is -5.63. The Labute approximate surface area is 143 Å². The number of carbonyl (C=O) groups excluding carboxylic acids is 3. The number of hydrogen-bond donors (Lipinski definition) is 0. The zero-order valence-electron chi connectivity index (χ0n) is 10.6. The van der Waals surface area contributed by atoms with Gasteiger partial charge in [0.1, 0.15) is 5.54 Å². The van der Waals surface area contributed by atoms with Crippen molar-refractivity contribution in [1.82, 2.24) is 4.90 Å². The van der Waals surface area contributed by atoms with Crippen LogP contribution >= 0.6 is 0 Å². The maximum Gasteiger partial charge on any atom is 1.00 e. The zero-order valence-corrected chi connectivity index (χ0v) is 14.6. The Bertz CT molecular complexity index is 330. The van der Waals surface area contributed by atoms with E-state index in [0.717, 1.165) is 7.05 Å². The molecule has 0 aromatic carbocycles. The molecule has 0 bridgehead atoms. The van der Waals surface area contributed by atoms with Crippen LogP contribution in [0.5, 0.6) is 0 Å². The molecule has 1 saturated heterocycles. The van der Waals surface area contributed by atoms with E-state index in [1.54, 1.807) is 13.8 Å². The summed E-state index contributed by atoms with van der Waals surface area (Å²) >= 11 is 0. The molecule has 1 aliphatic heterocycles. The minimum absolute atomic E-state index is 0. The van der Waals surface area contributed by atoms with E-state index in [-0.39, 0.29) is 59.1 Å². The molecule has 0 aromatic rings. The van der Waals surface area contributed by atoms with Crippen molar-refractivity contribution < 1.29 is 83.7 Å². The average molecular weight is 259 g/mol. The molecule has 8 heteroatoms. The van der Waals surface area contributed by atoms with Crippen LogP contribution in [0, 0.1) is 11.8 Å². The number of amides is 1. The van der Waals surface area contributed by atoms with Gasteiger partial charge in [0, 0.05) is 7.05 Å². The number of nitrogens with zero attached hydrogens (tertiary/aromatic N) is 1. The Morgan fingerprint density at radius 2 is 1.59 bits per heavy atom. The van der Waals surface area contributed by atoms with Gasteiger partial charge in [-0.25, -0.2) is 0 Å². The third-order valence-corrected chi connectivity index (χ3v) is 2.86. The van der Waals surface area contributed by atoms with E-state index in [9.17, 15) is 24.6 Å². The van der Waals surface area contributed by atoms with Crippen molar-refractivity contribution in [2.24, 2.45) is 11.8 Å². The molecule has 0 aromatic heterocycles. The van der Waals surface area contributed by atoms with Crippen LogP contribution in [-0.2, 0) is 14.4 Å². The maximum atomic E-state index is 11.4. The number of carboxylic acid groups (broad SMARTS) is 2. The largest absolute Gasteiger partial charge is 1.00 e. The van der Waals surface area contributed by atoms with E-state index in [1.165, 1.54) is 0 Å². The van der Waals surface area contributed by atoms with Crippen LogP contribution in [0.25, 0.3) is 0 Å². The Morgan fingerprint density at radius 3 is 1.76 bits per heavy atom. The van der Waals surface area contributed by atoms with Gasteiger partial charge < -0.3 is 24.7 Å². The maximum absolute atomic E-state index is 11.4. The Balaban J connectivity index is 0. The van der Waals surface area contributed by atoms with Crippen molar-refractivity contribution in [3.63, 3.8) is 0 Å². The molecule has 0 radical (unpaired) electrons. The summed E-state index contributed by atoms with van der Waals surface area (Å²) in [5.41, 5.74) is -2.31. The molecule has 0 N–H and O–H groups in total. The van der Waals surface area contributed by atoms with Crippen molar-refractivity contribution in [2.45, 2.75) is 19.4 Å². The summed E-state index contributed by atoms with van der Waals surface area (Å²) in [4.78, 5) is 33.8. The fourth-order valence-corrected chi connectivity index (χ4v) is 2.08. The number of aliphatic carboxylic acids is 2. The van der Waals surface area contributed by atoms with Gasteiger partial charge in [0.25, 0.3) is 0 Å². The molecule has 84 valence electrons.